The van der Waals surface area contributed by atoms with Gasteiger partial charge in [-0.1, -0.05) is 0 Å². The first-order chi connectivity index (χ1) is 4.20. The Morgan fingerprint density at radius 3 is 2.56 bits per heavy atom. The van der Waals surface area contributed by atoms with Crippen LogP contribution in [0.15, 0.2) is 12.1 Å². The van der Waals surface area contributed by atoms with Crippen molar-refractivity contribution in [1.82, 2.24) is 0 Å². The quantitative estimate of drug-likeness (QED) is 0.481. The van der Waals surface area contributed by atoms with Gasteiger partial charge in [0.2, 0.25) is 0 Å². The third kappa shape index (κ3) is 1.61. The molecule has 0 nitrogen and oxygen atoms in total. The normalized spacial score (nSPS) is 9.67. The maximum Gasteiger partial charge on any atom is 0.140 e. The molecule has 0 spiro atoms. The highest BCUT2D eigenvalue weighted by Gasteiger charge is 1.98. The summed E-state index contributed by atoms with van der Waals surface area (Å²) in [4.78, 5) is 0. The first kappa shape index (κ1) is 6.92. The third-order valence-electron chi connectivity index (χ3n) is 0.811. The lowest BCUT2D eigenvalue weighted by Gasteiger charge is -1.90. The summed E-state index contributed by atoms with van der Waals surface area (Å²) in [5, 5.41) is 0. The molecule has 0 amide bonds. The minimum Gasteiger partial charge on any atom is -0.207 e. The van der Waals surface area contributed by atoms with E-state index in [2.05, 4.69) is 6.07 Å². The Bertz CT molecular complexity index is 222. The van der Waals surface area contributed by atoms with Gasteiger partial charge in [0.1, 0.15) is 11.6 Å². The van der Waals surface area contributed by atoms with Gasteiger partial charge in [-0.05, 0) is 28.7 Å². The van der Waals surface area contributed by atoms with Gasteiger partial charge in [-0.3, -0.25) is 0 Å². The maximum absolute atomic E-state index is 12.3. The summed E-state index contributed by atoms with van der Waals surface area (Å²) in [7, 11) is 0. The summed E-state index contributed by atoms with van der Waals surface area (Å²) in [6.45, 7) is 0. The predicted molar refractivity (Wildman–Crippen MR) is 37.9 cm³/mol. The van der Waals surface area contributed by atoms with Crippen LogP contribution in [0.5, 0.6) is 0 Å². The third-order valence-corrected chi connectivity index (χ3v) is 1.64. The van der Waals surface area contributed by atoms with Gasteiger partial charge < -0.3 is 0 Å². The molecular weight excluding hydrogens is 237 g/mol. The largest absolute Gasteiger partial charge is 0.207 e. The van der Waals surface area contributed by atoms with E-state index in [-0.39, 0.29) is 0 Å². The molecule has 0 unspecified atom stereocenters. The first-order valence-electron chi connectivity index (χ1n) is 2.22. The number of hydrogen-bond donors (Lipinski definition) is 0. The second kappa shape index (κ2) is 2.60. The molecule has 0 heterocycles. The van der Waals surface area contributed by atoms with Crippen molar-refractivity contribution in [1.29, 1.82) is 0 Å². The molecule has 0 saturated heterocycles. The van der Waals surface area contributed by atoms with Crippen molar-refractivity contribution in [3.8, 4) is 0 Å². The van der Waals surface area contributed by atoms with Crippen molar-refractivity contribution in [2.75, 3.05) is 0 Å². The van der Waals surface area contributed by atoms with Gasteiger partial charge in [0.25, 0.3) is 0 Å². The van der Waals surface area contributed by atoms with Crippen LogP contribution in [-0.4, -0.2) is 0 Å². The molecule has 0 aliphatic carbocycles. The van der Waals surface area contributed by atoms with Gasteiger partial charge in [0.05, 0.1) is 3.57 Å². The summed E-state index contributed by atoms with van der Waals surface area (Å²) in [6.07, 6.45) is 0. The van der Waals surface area contributed by atoms with Crippen molar-refractivity contribution in [2.24, 2.45) is 0 Å². The Kier molecular flexibility index (Phi) is 2.00. The molecule has 3 heteroatoms. The second-order valence-electron chi connectivity index (χ2n) is 1.48. The SMILES string of the molecule is Fc1c[c]c(I)c(F)c1. The molecule has 1 aromatic carbocycles. The summed E-state index contributed by atoms with van der Waals surface area (Å²) < 4.78 is 24.7. The molecule has 0 aliphatic heterocycles. The molecule has 1 rings (SSSR count). The van der Waals surface area contributed by atoms with Gasteiger partial charge in [-0.25, -0.2) is 8.78 Å². The highest BCUT2D eigenvalue weighted by atomic mass is 127. The van der Waals surface area contributed by atoms with Crippen LogP contribution in [0, 0.1) is 21.3 Å². The van der Waals surface area contributed by atoms with Gasteiger partial charge in [-0.15, -0.1) is 0 Å². The highest BCUT2D eigenvalue weighted by molar-refractivity contribution is 14.1. The van der Waals surface area contributed by atoms with Gasteiger partial charge in [0, 0.05) is 12.1 Å². The molecule has 0 aliphatic rings. The van der Waals surface area contributed by atoms with E-state index in [1.54, 1.807) is 22.6 Å². The standard InChI is InChI=1S/C6H2F2I/c7-4-1-2-6(9)5(8)3-4/h1,3H. The number of hydrogen-bond acceptors (Lipinski definition) is 0. The van der Waals surface area contributed by atoms with E-state index in [0.29, 0.717) is 3.57 Å². The van der Waals surface area contributed by atoms with Crippen molar-refractivity contribution in [3.63, 3.8) is 0 Å². The number of benzene rings is 1. The van der Waals surface area contributed by atoms with Crippen LogP contribution in [0.3, 0.4) is 0 Å². The number of rotatable bonds is 0. The molecule has 0 N–H and O–H groups in total. The van der Waals surface area contributed by atoms with E-state index >= 15 is 0 Å². The Morgan fingerprint density at radius 1 is 1.44 bits per heavy atom. The van der Waals surface area contributed by atoms with E-state index in [1.165, 1.54) is 0 Å². The van der Waals surface area contributed by atoms with Crippen LogP contribution < -0.4 is 0 Å². The topological polar surface area (TPSA) is 0 Å². The summed E-state index contributed by atoms with van der Waals surface area (Å²) in [5.74, 6) is -1.15. The smallest absolute Gasteiger partial charge is 0.140 e. The van der Waals surface area contributed by atoms with E-state index in [9.17, 15) is 8.78 Å². The zero-order chi connectivity index (χ0) is 6.85. The van der Waals surface area contributed by atoms with E-state index < -0.39 is 11.6 Å². The molecule has 0 fully saturated rings. The molecular formula is C6H2F2I. The Labute approximate surface area is 65.0 Å². The maximum atomic E-state index is 12.3. The fraction of sp³-hybridized carbons (Fsp3) is 0. The van der Waals surface area contributed by atoms with E-state index in [0.717, 1.165) is 12.1 Å². The highest BCUT2D eigenvalue weighted by Crippen LogP contribution is 2.09. The van der Waals surface area contributed by atoms with Crippen LogP contribution in [0.4, 0.5) is 8.78 Å². The van der Waals surface area contributed by atoms with Crippen molar-refractivity contribution >= 4 is 22.6 Å². The molecule has 0 aromatic heterocycles. The number of halogens is 3. The van der Waals surface area contributed by atoms with Crippen molar-refractivity contribution < 1.29 is 8.78 Å². The Balaban J connectivity index is 3.17. The van der Waals surface area contributed by atoms with Crippen molar-refractivity contribution in [2.45, 2.75) is 0 Å². The monoisotopic (exact) mass is 239 g/mol. The average molecular weight is 239 g/mol. The fourth-order valence-electron chi connectivity index (χ4n) is 0.427. The predicted octanol–water partition coefficient (Wildman–Crippen LogP) is 2.37. The lowest BCUT2D eigenvalue weighted by atomic mass is 10.3. The van der Waals surface area contributed by atoms with Crippen LogP contribution in [-0.2, 0) is 0 Å². The molecule has 0 bridgehead atoms. The van der Waals surface area contributed by atoms with Crippen LogP contribution in [0.1, 0.15) is 0 Å². The molecule has 0 saturated carbocycles. The molecule has 9 heavy (non-hydrogen) atoms. The molecule has 1 radical (unpaired) electrons. The van der Waals surface area contributed by atoms with E-state index in [4.69, 9.17) is 0 Å². The summed E-state index contributed by atoms with van der Waals surface area (Å²) >= 11 is 1.74. The van der Waals surface area contributed by atoms with Gasteiger partial charge in [-0.2, -0.15) is 0 Å². The molecule has 0 atom stereocenters. The Hall–Kier alpha value is -0.190. The van der Waals surface area contributed by atoms with Gasteiger partial charge in [0.15, 0.2) is 0 Å². The zero-order valence-electron chi connectivity index (χ0n) is 4.29. The summed E-state index contributed by atoms with van der Waals surface area (Å²) in [5.41, 5.74) is 0. The zero-order valence-corrected chi connectivity index (χ0v) is 6.45. The van der Waals surface area contributed by atoms with Crippen molar-refractivity contribution in [3.05, 3.63) is 33.4 Å². The lowest BCUT2D eigenvalue weighted by molar-refractivity contribution is 0.578. The first-order valence-corrected chi connectivity index (χ1v) is 3.30. The van der Waals surface area contributed by atoms with E-state index in [1.807, 2.05) is 0 Å². The van der Waals surface area contributed by atoms with Gasteiger partial charge >= 0.3 is 0 Å². The minimum atomic E-state index is -0.590. The van der Waals surface area contributed by atoms with Crippen LogP contribution in [0.25, 0.3) is 0 Å². The van der Waals surface area contributed by atoms with Crippen LogP contribution in [0.2, 0.25) is 0 Å². The Morgan fingerprint density at radius 2 is 2.11 bits per heavy atom. The minimum absolute atomic E-state index is 0.314. The molecule has 1 aromatic rings. The lowest BCUT2D eigenvalue weighted by Crippen LogP contribution is -1.82. The molecule has 47 valence electrons. The average Bonchev–Trinajstić information content (AvgIpc) is 1.80. The second-order valence-corrected chi connectivity index (χ2v) is 2.56. The fourth-order valence-corrected chi connectivity index (χ4v) is 0.739. The van der Waals surface area contributed by atoms with Crippen LogP contribution >= 0.6 is 22.6 Å². The summed E-state index contributed by atoms with van der Waals surface area (Å²) in [6, 6.07) is 4.34.